The minimum atomic E-state index is -0.959. The summed E-state index contributed by atoms with van der Waals surface area (Å²) in [7, 11) is 0. The minimum absolute atomic E-state index is 0.259. The highest BCUT2D eigenvalue weighted by Gasteiger charge is 2.62. The van der Waals surface area contributed by atoms with Crippen LogP contribution in [0.4, 0.5) is 0 Å². The van der Waals surface area contributed by atoms with Gasteiger partial charge in [0.25, 0.3) is 0 Å². The largest absolute Gasteiger partial charge is 0.454 e. The molecule has 2 fully saturated rings. The number of carbonyl (C=O) groups excluding carboxylic acids is 2. The molecule has 0 N–H and O–H groups in total. The first-order valence-electron chi connectivity index (χ1n) is 15.0. The summed E-state index contributed by atoms with van der Waals surface area (Å²) >= 11 is 0. The maximum atomic E-state index is 13.5. The van der Waals surface area contributed by atoms with Gasteiger partial charge in [0.1, 0.15) is 0 Å². The average Bonchev–Trinajstić information content (AvgIpc) is 3.03. The molecule has 0 amide bonds. The second-order valence-electron chi connectivity index (χ2n) is 12.3. The van der Waals surface area contributed by atoms with Gasteiger partial charge in [-0.2, -0.15) is 0 Å². The van der Waals surface area contributed by atoms with Crippen LogP contribution in [0.5, 0.6) is 0 Å². The Morgan fingerprint density at radius 3 is 0.818 bits per heavy atom. The van der Waals surface area contributed by atoms with Crippen LogP contribution in [0.25, 0.3) is 0 Å². The van der Waals surface area contributed by atoms with E-state index in [0.29, 0.717) is 0 Å². The van der Waals surface area contributed by atoms with E-state index in [1.165, 1.54) is 0 Å². The van der Waals surface area contributed by atoms with Gasteiger partial charge in [0.15, 0.2) is 23.0 Å². The molecule has 218 valence electrons. The Bertz CT molecular complexity index is 1620. The molecule has 44 heavy (non-hydrogen) atoms. The second kappa shape index (κ2) is 10.3. The molecule has 0 aromatic heterocycles. The van der Waals surface area contributed by atoms with Gasteiger partial charge >= 0.3 is 11.9 Å². The molecule has 4 heteroatoms. The summed E-state index contributed by atoms with van der Waals surface area (Å²) in [4.78, 5) is 27.1. The first kappa shape index (κ1) is 27.8. The normalized spacial score (nSPS) is 19.7. The van der Waals surface area contributed by atoms with Crippen molar-refractivity contribution in [1.82, 2.24) is 0 Å². The number of hydrogen-bond acceptors (Lipinski definition) is 4. The van der Waals surface area contributed by atoms with E-state index in [1.807, 2.05) is 149 Å². The van der Waals surface area contributed by atoms with Crippen LogP contribution in [0.15, 0.2) is 121 Å². The van der Waals surface area contributed by atoms with Crippen LogP contribution in [0.1, 0.15) is 67.8 Å². The van der Waals surface area contributed by atoms with Crippen molar-refractivity contribution >= 4 is 11.9 Å². The van der Waals surface area contributed by atoms with E-state index in [-0.39, 0.29) is 11.9 Å². The lowest BCUT2D eigenvalue weighted by Crippen LogP contribution is -2.55. The van der Waals surface area contributed by atoms with Gasteiger partial charge in [0, 0.05) is 0 Å². The van der Waals surface area contributed by atoms with Gasteiger partial charge in [-0.3, -0.25) is 9.59 Å². The molecule has 5 aromatic carbocycles. The van der Waals surface area contributed by atoms with Crippen LogP contribution < -0.4 is 0 Å². The standard InChI is InChI=1S/C40H34O4/c1-25-5-17-31(18-6-25)39(32-19-7-26(2)8-20-32)35(43-37(39)41)29-13-15-30(16-14-29)36-40(38(42)44-36,33-21-9-27(3)10-22-33)34-23-11-28(4)12-24-34/h5-24,35-36H,1-4H3/t35-,36-/m0/s1. The Morgan fingerprint density at radius 2 is 0.614 bits per heavy atom. The number of rotatable bonds is 6. The summed E-state index contributed by atoms with van der Waals surface area (Å²) in [6, 6.07) is 40.6. The lowest BCUT2D eigenvalue weighted by Gasteiger charge is -2.49. The molecule has 2 saturated heterocycles. The molecule has 2 atom stereocenters. The van der Waals surface area contributed by atoms with Crippen LogP contribution in [-0.4, -0.2) is 11.9 Å². The van der Waals surface area contributed by atoms with Crippen molar-refractivity contribution < 1.29 is 19.1 Å². The van der Waals surface area contributed by atoms with Crippen molar-refractivity contribution in [2.75, 3.05) is 0 Å². The number of aryl methyl sites for hydroxylation is 4. The summed E-state index contributed by atoms with van der Waals surface area (Å²) in [5.41, 5.74) is 7.98. The van der Waals surface area contributed by atoms with Crippen molar-refractivity contribution in [2.24, 2.45) is 0 Å². The number of carbonyl (C=O) groups is 2. The Labute approximate surface area is 258 Å². The predicted octanol–water partition coefficient (Wildman–Crippen LogP) is 8.09. The summed E-state index contributed by atoms with van der Waals surface area (Å²) in [6.07, 6.45) is -1.00. The molecular weight excluding hydrogens is 544 g/mol. The maximum absolute atomic E-state index is 13.5. The van der Waals surface area contributed by atoms with Gasteiger partial charge < -0.3 is 9.47 Å². The number of cyclic esters (lactones) is 2. The molecule has 0 unspecified atom stereocenters. The van der Waals surface area contributed by atoms with E-state index in [4.69, 9.17) is 9.47 Å². The predicted molar refractivity (Wildman–Crippen MR) is 170 cm³/mol. The SMILES string of the molecule is Cc1ccc(C2(c3ccc(C)cc3)C(=O)O[C@H]2c2ccc([C@@H]3OC(=O)C3(c3ccc(C)cc3)c3ccc(C)cc3)cc2)cc1. The molecule has 2 aliphatic rings. The third-order valence-electron chi connectivity index (χ3n) is 9.45. The van der Waals surface area contributed by atoms with Gasteiger partial charge in [0.05, 0.1) is 0 Å². The lowest BCUT2D eigenvalue weighted by atomic mass is 9.63. The molecular formula is C40H34O4. The van der Waals surface area contributed by atoms with Crippen LogP contribution in [0.3, 0.4) is 0 Å². The third kappa shape index (κ3) is 4.05. The minimum Gasteiger partial charge on any atom is -0.454 e. The van der Waals surface area contributed by atoms with Crippen molar-refractivity contribution in [1.29, 1.82) is 0 Å². The van der Waals surface area contributed by atoms with E-state index < -0.39 is 23.0 Å². The molecule has 7 rings (SSSR count). The fraction of sp³-hybridized carbons (Fsp3) is 0.200. The van der Waals surface area contributed by atoms with Gasteiger partial charge in [-0.25, -0.2) is 0 Å². The van der Waals surface area contributed by atoms with Gasteiger partial charge in [-0.1, -0.05) is 144 Å². The molecule has 2 heterocycles. The molecule has 4 nitrogen and oxygen atoms in total. The van der Waals surface area contributed by atoms with Crippen molar-refractivity contribution in [3.63, 3.8) is 0 Å². The van der Waals surface area contributed by atoms with E-state index in [2.05, 4.69) is 0 Å². The molecule has 0 saturated carbocycles. The zero-order valence-electron chi connectivity index (χ0n) is 25.3. The summed E-state index contributed by atoms with van der Waals surface area (Å²) in [5.74, 6) is -0.519. The second-order valence-corrected chi connectivity index (χ2v) is 12.3. The van der Waals surface area contributed by atoms with E-state index in [0.717, 1.165) is 55.6 Å². The quantitative estimate of drug-likeness (QED) is 0.191. The highest BCUT2D eigenvalue weighted by molar-refractivity contribution is 5.95. The van der Waals surface area contributed by atoms with E-state index in [1.54, 1.807) is 0 Å². The number of benzene rings is 5. The average molecular weight is 579 g/mol. The fourth-order valence-corrected chi connectivity index (χ4v) is 6.83. The highest BCUT2D eigenvalue weighted by atomic mass is 16.6. The fourth-order valence-electron chi connectivity index (χ4n) is 6.83. The van der Waals surface area contributed by atoms with E-state index >= 15 is 0 Å². The number of ether oxygens (including phenoxy) is 2. The molecule has 2 aliphatic heterocycles. The maximum Gasteiger partial charge on any atom is 0.325 e. The van der Waals surface area contributed by atoms with Crippen LogP contribution >= 0.6 is 0 Å². The smallest absolute Gasteiger partial charge is 0.325 e. The van der Waals surface area contributed by atoms with Gasteiger partial charge in [-0.05, 0) is 61.1 Å². The van der Waals surface area contributed by atoms with Crippen molar-refractivity contribution in [3.05, 3.63) is 177 Å². The molecule has 0 spiro atoms. The highest BCUT2D eigenvalue weighted by Crippen LogP contribution is 2.56. The van der Waals surface area contributed by atoms with Crippen molar-refractivity contribution in [2.45, 2.75) is 50.7 Å². The van der Waals surface area contributed by atoms with Crippen LogP contribution in [-0.2, 0) is 29.9 Å². The zero-order valence-corrected chi connectivity index (χ0v) is 25.3. The lowest BCUT2D eigenvalue weighted by molar-refractivity contribution is -0.188. The number of hydrogen-bond donors (Lipinski definition) is 0. The summed E-state index contributed by atoms with van der Waals surface area (Å²) in [5, 5.41) is 0. The summed E-state index contributed by atoms with van der Waals surface area (Å²) in [6.45, 7) is 8.16. The monoisotopic (exact) mass is 578 g/mol. The molecule has 0 bridgehead atoms. The van der Waals surface area contributed by atoms with Gasteiger partial charge in [0.2, 0.25) is 0 Å². The molecule has 0 radical (unpaired) electrons. The Morgan fingerprint density at radius 1 is 0.386 bits per heavy atom. The Balaban J connectivity index is 1.30. The summed E-state index contributed by atoms with van der Waals surface area (Å²) < 4.78 is 11.9. The topological polar surface area (TPSA) is 52.6 Å². The van der Waals surface area contributed by atoms with Gasteiger partial charge in [-0.15, -0.1) is 0 Å². The number of esters is 2. The van der Waals surface area contributed by atoms with Crippen molar-refractivity contribution in [3.8, 4) is 0 Å². The van der Waals surface area contributed by atoms with Crippen LogP contribution in [0, 0.1) is 27.7 Å². The first-order valence-corrected chi connectivity index (χ1v) is 15.0. The molecule has 0 aliphatic carbocycles. The molecule has 5 aromatic rings. The first-order chi connectivity index (χ1) is 21.2. The Hall–Kier alpha value is -4.96. The van der Waals surface area contributed by atoms with E-state index in [9.17, 15) is 9.59 Å². The third-order valence-corrected chi connectivity index (χ3v) is 9.45. The Kier molecular flexibility index (Phi) is 6.55. The zero-order chi connectivity index (χ0) is 30.6. The van der Waals surface area contributed by atoms with Crippen LogP contribution in [0.2, 0.25) is 0 Å².